The van der Waals surface area contributed by atoms with Crippen LogP contribution in [0.25, 0.3) is 0 Å². The van der Waals surface area contributed by atoms with Crippen molar-refractivity contribution < 1.29 is 41.2 Å². The molecule has 2 heterocycles. The number of alkyl halides is 2. The average Bonchev–Trinajstić information content (AvgIpc) is 3.69. The van der Waals surface area contributed by atoms with Crippen molar-refractivity contribution in [2.24, 2.45) is 0 Å². The van der Waals surface area contributed by atoms with Crippen molar-refractivity contribution >= 4 is 39.2 Å². The molecule has 0 amide bonds. The van der Waals surface area contributed by atoms with Crippen molar-refractivity contribution in [2.75, 3.05) is 6.54 Å². The van der Waals surface area contributed by atoms with Crippen LogP contribution in [0.1, 0.15) is 55.8 Å². The Hall–Kier alpha value is -2.99. The van der Waals surface area contributed by atoms with Crippen molar-refractivity contribution in [3.8, 4) is 11.5 Å². The zero-order valence-electron chi connectivity index (χ0n) is 23.1. The van der Waals surface area contributed by atoms with Crippen molar-refractivity contribution in [3.63, 3.8) is 0 Å². The van der Waals surface area contributed by atoms with Crippen LogP contribution in [0.5, 0.6) is 11.5 Å². The van der Waals surface area contributed by atoms with Crippen molar-refractivity contribution in [1.29, 1.82) is 0 Å². The number of carbonyl (C=O) groups is 1. The van der Waals surface area contributed by atoms with Gasteiger partial charge in [-0.05, 0) is 68.4 Å². The first kappa shape index (κ1) is 31.4. The van der Waals surface area contributed by atoms with Gasteiger partial charge in [0, 0.05) is 18.5 Å². The van der Waals surface area contributed by atoms with Gasteiger partial charge >= 0.3 is 12.6 Å². The van der Waals surface area contributed by atoms with E-state index in [2.05, 4.69) is 4.98 Å². The van der Waals surface area contributed by atoms with Crippen LogP contribution >= 0.6 is 23.2 Å². The molecule has 2 aromatic carbocycles. The summed E-state index contributed by atoms with van der Waals surface area (Å²) in [6.07, 6.45) is 6.11. The van der Waals surface area contributed by atoms with E-state index in [1.54, 1.807) is 18.2 Å². The van der Waals surface area contributed by atoms with Gasteiger partial charge in [-0.25, -0.2) is 13.4 Å². The van der Waals surface area contributed by atoms with E-state index >= 15 is 0 Å². The molecule has 2 atom stereocenters. The molecule has 2 fully saturated rings. The molecule has 3 aromatic rings. The van der Waals surface area contributed by atoms with Crippen LogP contribution in [-0.2, 0) is 26.0 Å². The fraction of sp³-hybridized carbons (Fsp3) is 0.400. The molecule has 43 heavy (non-hydrogen) atoms. The Morgan fingerprint density at radius 1 is 0.977 bits per heavy atom. The Balaban J connectivity index is 1.48. The standard InChI is InChI=1S/C30H30Cl2F2N2O6S/c31-23-17-35-18-24(32)22(23)16-27(19-12-13-26(42-30(33)34)28(15-19)40-20-7-4-5-8-20)41-29(37)25-11-6-14-36(25)43(38,39)21-9-2-1-3-10-21/h1-3,9-10,12-13,15,17-18,20,25,27,30H,4-8,11,14,16H2/p+1/t25-,27-/m0/s1. The van der Waals surface area contributed by atoms with Crippen LogP contribution in [0.15, 0.2) is 65.8 Å². The maximum Gasteiger partial charge on any atom is 0.387 e. The number of rotatable bonds is 11. The number of hydrogen-bond acceptors (Lipinski definition) is 6. The smallest absolute Gasteiger partial charge is 0.387 e. The summed E-state index contributed by atoms with van der Waals surface area (Å²) in [5, 5.41) is 0.588. The molecule has 0 radical (unpaired) electrons. The molecular formula is C30H31Cl2F2N2O6S+. The van der Waals surface area contributed by atoms with Gasteiger partial charge in [0.15, 0.2) is 23.9 Å². The van der Waals surface area contributed by atoms with Crippen molar-refractivity contribution in [1.82, 2.24) is 4.31 Å². The van der Waals surface area contributed by atoms with E-state index in [-0.39, 0.29) is 41.9 Å². The third-order valence-electron chi connectivity index (χ3n) is 7.62. The highest BCUT2D eigenvalue weighted by Gasteiger charge is 2.41. The molecule has 8 nitrogen and oxygen atoms in total. The van der Waals surface area contributed by atoms with E-state index in [4.69, 9.17) is 37.4 Å². The Bertz CT molecular complexity index is 1520. The van der Waals surface area contributed by atoms with E-state index in [1.807, 2.05) is 0 Å². The Morgan fingerprint density at radius 2 is 1.67 bits per heavy atom. The van der Waals surface area contributed by atoms with Crippen LogP contribution < -0.4 is 14.5 Å². The summed E-state index contributed by atoms with van der Waals surface area (Å²) in [5.74, 6) is -0.793. The van der Waals surface area contributed by atoms with Gasteiger partial charge in [0.25, 0.3) is 0 Å². The highest BCUT2D eigenvalue weighted by atomic mass is 35.5. The zero-order valence-corrected chi connectivity index (χ0v) is 25.4. The average molecular weight is 657 g/mol. The van der Waals surface area contributed by atoms with Gasteiger partial charge in [-0.3, -0.25) is 4.79 Å². The second-order valence-electron chi connectivity index (χ2n) is 10.5. The molecule has 0 spiro atoms. The SMILES string of the molecule is O=C(O[C@@H](Cc1c(Cl)c[nH+]cc1Cl)c1ccc(OC(F)F)c(OC2CCCC2)c1)[C@@H]1CCCN1S(=O)(=O)c1ccccc1. The summed E-state index contributed by atoms with van der Waals surface area (Å²) in [6.45, 7) is -2.91. The number of pyridine rings is 1. The summed E-state index contributed by atoms with van der Waals surface area (Å²) in [6, 6.07) is 11.2. The Labute approximate surface area is 258 Å². The molecule has 1 saturated carbocycles. The summed E-state index contributed by atoms with van der Waals surface area (Å²) in [7, 11) is -3.96. The fourth-order valence-electron chi connectivity index (χ4n) is 5.49. The lowest BCUT2D eigenvalue weighted by Crippen LogP contribution is -2.41. The molecule has 0 bridgehead atoms. The maximum absolute atomic E-state index is 13.7. The number of ether oxygens (including phenoxy) is 3. The molecule has 1 aliphatic heterocycles. The lowest BCUT2D eigenvalue weighted by atomic mass is 10.0. The largest absolute Gasteiger partial charge is 0.487 e. The number of hydrogen-bond donors (Lipinski definition) is 0. The van der Waals surface area contributed by atoms with Crippen LogP contribution in [-0.4, -0.2) is 44.0 Å². The predicted octanol–water partition coefficient (Wildman–Crippen LogP) is 6.41. The number of carbonyl (C=O) groups excluding carboxylic acids is 1. The number of nitrogens with zero attached hydrogens (tertiary/aromatic N) is 1. The Morgan fingerprint density at radius 3 is 2.35 bits per heavy atom. The maximum atomic E-state index is 13.7. The first-order valence-electron chi connectivity index (χ1n) is 14.0. The first-order valence-corrected chi connectivity index (χ1v) is 16.2. The van der Waals surface area contributed by atoms with E-state index in [0.29, 0.717) is 27.6 Å². The minimum absolute atomic E-state index is 0.0220. The molecule has 230 valence electrons. The second-order valence-corrected chi connectivity index (χ2v) is 13.2. The summed E-state index contributed by atoms with van der Waals surface area (Å²) >= 11 is 12.9. The number of esters is 1. The van der Waals surface area contributed by atoms with Crippen LogP contribution in [0.4, 0.5) is 8.78 Å². The molecule has 0 unspecified atom stereocenters. The number of sulfonamides is 1. The molecule has 2 aliphatic rings. The van der Waals surface area contributed by atoms with E-state index < -0.39 is 34.7 Å². The topological polar surface area (TPSA) is 96.3 Å². The number of aromatic amines is 1. The van der Waals surface area contributed by atoms with Gasteiger partial charge in [0.05, 0.1) is 11.0 Å². The third-order valence-corrected chi connectivity index (χ3v) is 10.2. The van der Waals surface area contributed by atoms with Crippen molar-refractivity contribution in [3.05, 3.63) is 82.1 Å². The molecule has 13 heteroatoms. The molecule has 1 N–H and O–H groups in total. The molecule has 5 rings (SSSR count). The van der Waals surface area contributed by atoms with Crippen LogP contribution in [0.3, 0.4) is 0 Å². The van der Waals surface area contributed by atoms with E-state index in [1.165, 1.54) is 42.7 Å². The minimum atomic E-state index is -3.96. The summed E-state index contributed by atoms with van der Waals surface area (Å²) in [5.41, 5.74) is 0.893. The summed E-state index contributed by atoms with van der Waals surface area (Å²) < 4.78 is 71.2. The number of aromatic nitrogens is 1. The minimum Gasteiger partial charge on any atom is -0.487 e. The van der Waals surface area contributed by atoms with Crippen LogP contribution in [0, 0.1) is 0 Å². The van der Waals surface area contributed by atoms with Gasteiger partial charge in [0.1, 0.15) is 22.2 Å². The zero-order chi connectivity index (χ0) is 30.6. The monoisotopic (exact) mass is 655 g/mol. The normalized spacial score (nSPS) is 18.6. The summed E-state index contributed by atoms with van der Waals surface area (Å²) in [4.78, 5) is 16.6. The van der Waals surface area contributed by atoms with Gasteiger partial charge in [-0.2, -0.15) is 13.1 Å². The van der Waals surface area contributed by atoms with Gasteiger partial charge < -0.3 is 14.2 Å². The predicted molar refractivity (Wildman–Crippen MR) is 155 cm³/mol. The lowest BCUT2D eigenvalue weighted by Gasteiger charge is -2.26. The van der Waals surface area contributed by atoms with Crippen LogP contribution in [0.2, 0.25) is 10.0 Å². The fourth-order valence-corrected chi connectivity index (χ4v) is 7.69. The molecule has 1 aliphatic carbocycles. The first-order chi connectivity index (χ1) is 20.6. The van der Waals surface area contributed by atoms with Gasteiger partial charge in [0.2, 0.25) is 10.0 Å². The highest BCUT2D eigenvalue weighted by molar-refractivity contribution is 7.89. The third kappa shape index (κ3) is 7.39. The number of nitrogens with one attached hydrogen (secondary N) is 1. The molecule has 1 saturated heterocycles. The Kier molecular flexibility index (Phi) is 10.1. The quantitative estimate of drug-likeness (QED) is 0.222. The number of H-pyrrole nitrogens is 1. The molecule has 1 aromatic heterocycles. The lowest BCUT2D eigenvalue weighted by molar-refractivity contribution is -0.377. The number of halogens is 4. The van der Waals surface area contributed by atoms with Gasteiger partial charge in [-0.1, -0.05) is 47.5 Å². The second kappa shape index (κ2) is 13.8. The van der Waals surface area contributed by atoms with E-state index in [0.717, 1.165) is 30.0 Å². The van der Waals surface area contributed by atoms with Crippen molar-refractivity contribution in [2.45, 2.75) is 74.7 Å². The molecular weight excluding hydrogens is 625 g/mol. The van der Waals surface area contributed by atoms with E-state index in [9.17, 15) is 22.0 Å². The highest BCUT2D eigenvalue weighted by Crippen LogP contribution is 2.38. The number of benzene rings is 2. The van der Waals surface area contributed by atoms with Gasteiger partial charge in [-0.15, -0.1) is 0 Å².